The summed E-state index contributed by atoms with van der Waals surface area (Å²) in [7, 11) is 0. The standard InChI is InChI=1S/C10H15NO2/c12-9-2-1-5-11(7-9)10(13)6-8-3-4-8/h8H,1-7H2. The summed E-state index contributed by atoms with van der Waals surface area (Å²) in [6.45, 7) is 1.16. The summed E-state index contributed by atoms with van der Waals surface area (Å²) < 4.78 is 0. The topological polar surface area (TPSA) is 37.4 Å². The number of piperidine rings is 1. The van der Waals surface area contributed by atoms with E-state index < -0.39 is 0 Å². The van der Waals surface area contributed by atoms with Crippen LogP contribution in [0.5, 0.6) is 0 Å². The van der Waals surface area contributed by atoms with Crippen molar-refractivity contribution in [3.63, 3.8) is 0 Å². The Morgan fingerprint density at radius 1 is 1.46 bits per heavy atom. The molecule has 0 aromatic rings. The van der Waals surface area contributed by atoms with E-state index in [-0.39, 0.29) is 11.7 Å². The first-order chi connectivity index (χ1) is 6.25. The fraction of sp³-hybridized carbons (Fsp3) is 0.800. The third kappa shape index (κ3) is 2.29. The maximum absolute atomic E-state index is 11.6. The Hall–Kier alpha value is -0.860. The van der Waals surface area contributed by atoms with E-state index in [0.717, 1.165) is 13.0 Å². The lowest BCUT2D eigenvalue weighted by Gasteiger charge is -2.25. The highest BCUT2D eigenvalue weighted by Gasteiger charge is 2.28. The molecule has 3 nitrogen and oxygen atoms in total. The molecule has 1 aliphatic carbocycles. The van der Waals surface area contributed by atoms with Crippen LogP contribution in [0, 0.1) is 5.92 Å². The van der Waals surface area contributed by atoms with E-state index in [9.17, 15) is 9.59 Å². The zero-order chi connectivity index (χ0) is 9.26. The molecule has 0 atom stereocenters. The summed E-state index contributed by atoms with van der Waals surface area (Å²) in [4.78, 5) is 24.4. The van der Waals surface area contributed by atoms with Gasteiger partial charge in [0.05, 0.1) is 6.54 Å². The molecule has 72 valence electrons. The fourth-order valence-corrected chi connectivity index (χ4v) is 1.75. The van der Waals surface area contributed by atoms with Gasteiger partial charge in [0, 0.05) is 19.4 Å². The first kappa shape index (κ1) is 8.73. The Kier molecular flexibility index (Phi) is 2.34. The molecule has 2 aliphatic rings. The molecule has 13 heavy (non-hydrogen) atoms. The average molecular weight is 181 g/mol. The molecule has 1 aliphatic heterocycles. The minimum Gasteiger partial charge on any atom is -0.335 e. The van der Waals surface area contributed by atoms with Crippen LogP contribution in [0.1, 0.15) is 32.1 Å². The lowest BCUT2D eigenvalue weighted by atomic mass is 10.1. The van der Waals surface area contributed by atoms with Crippen LogP contribution in [0.3, 0.4) is 0 Å². The maximum atomic E-state index is 11.6. The molecular formula is C10H15NO2. The van der Waals surface area contributed by atoms with Crippen molar-refractivity contribution in [2.75, 3.05) is 13.1 Å². The first-order valence-electron chi connectivity index (χ1n) is 5.05. The fourth-order valence-electron chi connectivity index (χ4n) is 1.75. The van der Waals surface area contributed by atoms with E-state index in [1.807, 2.05) is 0 Å². The Balaban J connectivity index is 1.83. The van der Waals surface area contributed by atoms with Crippen LogP contribution in [0.25, 0.3) is 0 Å². The molecule has 0 aromatic carbocycles. The van der Waals surface area contributed by atoms with Crippen molar-refractivity contribution >= 4 is 11.7 Å². The van der Waals surface area contributed by atoms with Gasteiger partial charge >= 0.3 is 0 Å². The summed E-state index contributed by atoms with van der Waals surface area (Å²) in [6, 6.07) is 0. The predicted octanol–water partition coefficient (Wildman–Crippen LogP) is 0.978. The van der Waals surface area contributed by atoms with Crippen molar-refractivity contribution in [2.24, 2.45) is 5.92 Å². The lowest BCUT2D eigenvalue weighted by molar-refractivity contribution is -0.137. The Morgan fingerprint density at radius 3 is 2.85 bits per heavy atom. The molecule has 0 bridgehead atoms. The second-order valence-electron chi connectivity index (χ2n) is 4.11. The van der Waals surface area contributed by atoms with Crippen molar-refractivity contribution in [2.45, 2.75) is 32.1 Å². The van der Waals surface area contributed by atoms with Crippen LogP contribution < -0.4 is 0 Å². The molecule has 3 heteroatoms. The smallest absolute Gasteiger partial charge is 0.223 e. The van der Waals surface area contributed by atoms with Crippen molar-refractivity contribution in [3.05, 3.63) is 0 Å². The van der Waals surface area contributed by atoms with Crippen molar-refractivity contribution in [3.8, 4) is 0 Å². The summed E-state index contributed by atoms with van der Waals surface area (Å²) in [5.74, 6) is 1.04. The van der Waals surface area contributed by atoms with Gasteiger partial charge in [0.25, 0.3) is 0 Å². The van der Waals surface area contributed by atoms with E-state index in [1.54, 1.807) is 4.90 Å². The van der Waals surface area contributed by atoms with Crippen LogP contribution in [-0.2, 0) is 9.59 Å². The minimum absolute atomic E-state index is 0.190. The average Bonchev–Trinajstić information content (AvgIpc) is 2.88. The molecule has 1 saturated heterocycles. The van der Waals surface area contributed by atoms with Crippen LogP contribution in [0.15, 0.2) is 0 Å². The number of likely N-dealkylation sites (tertiary alicyclic amines) is 1. The van der Waals surface area contributed by atoms with Gasteiger partial charge in [-0.15, -0.1) is 0 Å². The molecule has 2 rings (SSSR count). The van der Waals surface area contributed by atoms with Crippen molar-refractivity contribution in [1.29, 1.82) is 0 Å². The van der Waals surface area contributed by atoms with E-state index in [2.05, 4.69) is 0 Å². The Bertz CT molecular complexity index is 233. The summed E-state index contributed by atoms with van der Waals surface area (Å²) >= 11 is 0. The molecule has 1 heterocycles. The molecule has 0 radical (unpaired) electrons. The van der Waals surface area contributed by atoms with E-state index >= 15 is 0 Å². The highest BCUT2D eigenvalue weighted by atomic mass is 16.2. The minimum atomic E-state index is 0.190. The largest absolute Gasteiger partial charge is 0.335 e. The number of carbonyl (C=O) groups excluding carboxylic acids is 2. The SMILES string of the molecule is O=C1CCCN(C(=O)CC2CC2)C1. The van der Waals surface area contributed by atoms with Crippen LogP contribution in [0.2, 0.25) is 0 Å². The van der Waals surface area contributed by atoms with Crippen molar-refractivity contribution in [1.82, 2.24) is 4.90 Å². The number of nitrogens with zero attached hydrogens (tertiary/aromatic N) is 1. The number of ketones is 1. The summed E-state index contributed by atoms with van der Waals surface area (Å²) in [5.41, 5.74) is 0. The Labute approximate surface area is 78.1 Å². The quantitative estimate of drug-likeness (QED) is 0.636. The molecule has 0 spiro atoms. The second kappa shape index (κ2) is 3.48. The van der Waals surface area contributed by atoms with Crippen LogP contribution >= 0.6 is 0 Å². The van der Waals surface area contributed by atoms with Gasteiger partial charge in [-0.25, -0.2) is 0 Å². The van der Waals surface area contributed by atoms with Crippen LogP contribution in [-0.4, -0.2) is 29.7 Å². The molecular weight excluding hydrogens is 166 g/mol. The number of Topliss-reactive ketones (excluding diaryl/α,β-unsaturated/α-hetero) is 1. The molecule has 0 N–H and O–H groups in total. The monoisotopic (exact) mass is 181 g/mol. The third-order valence-corrected chi connectivity index (χ3v) is 2.76. The predicted molar refractivity (Wildman–Crippen MR) is 48.2 cm³/mol. The van der Waals surface area contributed by atoms with Gasteiger partial charge in [0.2, 0.25) is 5.91 Å². The number of hydrogen-bond donors (Lipinski definition) is 0. The lowest BCUT2D eigenvalue weighted by Crippen LogP contribution is -2.40. The van der Waals surface area contributed by atoms with Gasteiger partial charge < -0.3 is 4.90 Å². The number of hydrogen-bond acceptors (Lipinski definition) is 2. The normalized spacial score (nSPS) is 23.4. The van der Waals surface area contributed by atoms with Crippen LogP contribution in [0.4, 0.5) is 0 Å². The second-order valence-corrected chi connectivity index (χ2v) is 4.11. The van der Waals surface area contributed by atoms with Gasteiger partial charge in [-0.3, -0.25) is 9.59 Å². The van der Waals surface area contributed by atoms with Gasteiger partial charge in [-0.2, -0.15) is 0 Å². The van der Waals surface area contributed by atoms with E-state index in [0.29, 0.717) is 25.3 Å². The number of rotatable bonds is 2. The Morgan fingerprint density at radius 2 is 2.23 bits per heavy atom. The van der Waals surface area contributed by atoms with Gasteiger partial charge in [0.1, 0.15) is 0 Å². The maximum Gasteiger partial charge on any atom is 0.223 e. The number of carbonyl (C=O) groups is 2. The molecule has 0 aromatic heterocycles. The number of amides is 1. The zero-order valence-electron chi connectivity index (χ0n) is 7.79. The molecule has 2 fully saturated rings. The first-order valence-corrected chi connectivity index (χ1v) is 5.05. The highest BCUT2D eigenvalue weighted by Crippen LogP contribution is 2.33. The van der Waals surface area contributed by atoms with E-state index in [4.69, 9.17) is 0 Å². The third-order valence-electron chi connectivity index (χ3n) is 2.76. The summed E-state index contributed by atoms with van der Waals surface area (Å²) in [5, 5.41) is 0. The van der Waals surface area contributed by atoms with Gasteiger partial charge in [-0.1, -0.05) is 0 Å². The summed E-state index contributed by atoms with van der Waals surface area (Å²) in [6.07, 6.45) is 4.59. The van der Waals surface area contributed by atoms with E-state index in [1.165, 1.54) is 12.8 Å². The highest BCUT2D eigenvalue weighted by molar-refractivity contribution is 5.87. The molecule has 1 saturated carbocycles. The zero-order valence-corrected chi connectivity index (χ0v) is 7.79. The van der Waals surface area contributed by atoms with Gasteiger partial charge in [-0.05, 0) is 25.2 Å². The van der Waals surface area contributed by atoms with Crippen molar-refractivity contribution < 1.29 is 9.59 Å². The molecule has 0 unspecified atom stereocenters. The van der Waals surface area contributed by atoms with Gasteiger partial charge in [0.15, 0.2) is 5.78 Å². The molecule has 1 amide bonds.